The van der Waals surface area contributed by atoms with Crippen molar-refractivity contribution >= 4 is 18.0 Å². The van der Waals surface area contributed by atoms with Gasteiger partial charge in [-0.2, -0.15) is 0 Å². The van der Waals surface area contributed by atoms with Crippen molar-refractivity contribution in [1.29, 1.82) is 0 Å². The summed E-state index contributed by atoms with van der Waals surface area (Å²) < 4.78 is 14.0. The Bertz CT molecular complexity index is 447. The van der Waals surface area contributed by atoms with E-state index in [0.717, 1.165) is 0 Å². The summed E-state index contributed by atoms with van der Waals surface area (Å²) in [4.78, 5) is 33.1. The van der Waals surface area contributed by atoms with Gasteiger partial charge in [-0.3, -0.25) is 9.59 Å². The molecule has 8 heteroatoms. The van der Waals surface area contributed by atoms with Crippen LogP contribution in [0.5, 0.6) is 0 Å². The number of hydrogen-bond donors (Lipinski definition) is 2. The first kappa shape index (κ1) is 25.4. The molecule has 0 heterocycles. The third-order valence-electron chi connectivity index (χ3n) is 2.48. The summed E-state index contributed by atoms with van der Waals surface area (Å²) in [6.45, 7) is 12.4. The average Bonchev–Trinajstić information content (AvgIpc) is 2.33. The van der Waals surface area contributed by atoms with E-state index in [0.29, 0.717) is 0 Å². The first-order chi connectivity index (χ1) is 11.0. The van der Waals surface area contributed by atoms with Crippen LogP contribution in [0.1, 0.15) is 61.3 Å². The van der Waals surface area contributed by atoms with E-state index in [4.69, 9.17) is 10.5 Å². The van der Waals surface area contributed by atoms with E-state index >= 15 is 0 Å². The predicted octanol–water partition coefficient (Wildman–Crippen LogP) is 2.14. The molecule has 0 aliphatic rings. The molecule has 25 heavy (non-hydrogen) atoms. The summed E-state index contributed by atoms with van der Waals surface area (Å²) in [5.41, 5.74) is 3.82. The number of rotatable bonds is 5. The summed E-state index contributed by atoms with van der Waals surface area (Å²) in [6, 6.07) is 0. The SMILES string of the molecule is COC(=O)CC(C)(C)N.COC(=O)CC(C)(C)NC(=O)OC(C)(C)C. The summed E-state index contributed by atoms with van der Waals surface area (Å²) in [7, 11) is 2.67. The topological polar surface area (TPSA) is 117 Å². The Morgan fingerprint density at radius 2 is 1.24 bits per heavy atom. The van der Waals surface area contributed by atoms with Gasteiger partial charge in [0, 0.05) is 11.1 Å². The van der Waals surface area contributed by atoms with Gasteiger partial charge in [0.05, 0.1) is 27.1 Å². The van der Waals surface area contributed by atoms with Gasteiger partial charge in [-0.1, -0.05) is 0 Å². The van der Waals surface area contributed by atoms with Crippen LogP contribution in [0.2, 0.25) is 0 Å². The van der Waals surface area contributed by atoms with Crippen LogP contribution in [-0.4, -0.2) is 48.9 Å². The van der Waals surface area contributed by atoms with Gasteiger partial charge in [0.2, 0.25) is 0 Å². The minimum Gasteiger partial charge on any atom is -0.469 e. The Labute approximate surface area is 150 Å². The second-order valence-corrected chi connectivity index (χ2v) is 8.01. The third kappa shape index (κ3) is 18.4. The number of ether oxygens (including phenoxy) is 3. The summed E-state index contributed by atoms with van der Waals surface area (Å²) in [6.07, 6.45) is -0.173. The van der Waals surface area contributed by atoms with Crippen molar-refractivity contribution in [2.45, 2.75) is 78.0 Å². The molecule has 3 N–H and O–H groups in total. The number of carbonyl (C=O) groups is 3. The number of methoxy groups -OCH3 is 2. The molecule has 0 unspecified atom stereocenters. The van der Waals surface area contributed by atoms with Gasteiger partial charge >= 0.3 is 18.0 Å². The van der Waals surface area contributed by atoms with Crippen molar-refractivity contribution in [2.75, 3.05) is 14.2 Å². The Hall–Kier alpha value is -1.83. The summed E-state index contributed by atoms with van der Waals surface area (Å²) in [5, 5.41) is 2.62. The molecule has 0 aliphatic carbocycles. The number of amides is 1. The number of esters is 2. The largest absolute Gasteiger partial charge is 0.469 e. The van der Waals surface area contributed by atoms with Crippen LogP contribution in [0.4, 0.5) is 4.79 Å². The smallest absolute Gasteiger partial charge is 0.408 e. The van der Waals surface area contributed by atoms with Crippen molar-refractivity contribution in [2.24, 2.45) is 5.73 Å². The zero-order valence-corrected chi connectivity index (χ0v) is 16.9. The van der Waals surface area contributed by atoms with Crippen LogP contribution in [0, 0.1) is 0 Å². The van der Waals surface area contributed by atoms with Crippen molar-refractivity contribution in [1.82, 2.24) is 5.32 Å². The lowest BCUT2D eigenvalue weighted by molar-refractivity contribution is -0.142. The number of alkyl carbamates (subject to hydrolysis) is 1. The molecule has 0 saturated carbocycles. The Morgan fingerprint density at radius 3 is 1.52 bits per heavy atom. The molecule has 0 rings (SSSR count). The monoisotopic (exact) mass is 362 g/mol. The molecule has 0 bridgehead atoms. The lowest BCUT2D eigenvalue weighted by atomic mass is 10.0. The van der Waals surface area contributed by atoms with Crippen molar-refractivity contribution < 1.29 is 28.6 Å². The maximum Gasteiger partial charge on any atom is 0.408 e. The fourth-order valence-corrected chi connectivity index (χ4v) is 1.50. The van der Waals surface area contributed by atoms with Crippen LogP contribution in [0.3, 0.4) is 0 Å². The number of nitrogens with two attached hydrogens (primary N) is 1. The molecular formula is C17H34N2O6. The number of carbonyl (C=O) groups excluding carboxylic acids is 3. The number of hydrogen-bond acceptors (Lipinski definition) is 7. The highest BCUT2D eigenvalue weighted by molar-refractivity contribution is 5.73. The second kappa shape index (κ2) is 10.2. The quantitative estimate of drug-likeness (QED) is 0.568. The molecule has 0 saturated heterocycles. The van der Waals surface area contributed by atoms with Gasteiger partial charge in [-0.25, -0.2) is 4.79 Å². The molecule has 0 aromatic carbocycles. The van der Waals surface area contributed by atoms with Gasteiger partial charge in [0.1, 0.15) is 5.60 Å². The minimum absolute atomic E-state index is 0.0999. The fourth-order valence-electron chi connectivity index (χ4n) is 1.50. The first-order valence-corrected chi connectivity index (χ1v) is 7.95. The van der Waals surface area contributed by atoms with Crippen LogP contribution in [0.25, 0.3) is 0 Å². The highest BCUT2D eigenvalue weighted by Crippen LogP contribution is 2.12. The summed E-state index contributed by atoms with van der Waals surface area (Å²) >= 11 is 0. The molecule has 148 valence electrons. The van der Waals surface area contributed by atoms with E-state index in [1.165, 1.54) is 14.2 Å². The first-order valence-electron chi connectivity index (χ1n) is 7.95. The fraction of sp³-hybridized carbons (Fsp3) is 0.824. The molecule has 0 atom stereocenters. The van der Waals surface area contributed by atoms with Crippen LogP contribution in [-0.2, 0) is 23.8 Å². The highest BCUT2D eigenvalue weighted by atomic mass is 16.6. The standard InChI is InChI=1S/C11H21NO4.C6H13NO2/c1-10(2,3)16-9(14)12-11(4,5)7-8(13)15-6;1-6(2,7)4-5(8)9-3/h7H2,1-6H3,(H,12,14);4,7H2,1-3H3. The van der Waals surface area contributed by atoms with Crippen LogP contribution in [0.15, 0.2) is 0 Å². The molecular weight excluding hydrogens is 328 g/mol. The van der Waals surface area contributed by atoms with E-state index in [9.17, 15) is 14.4 Å². The third-order valence-corrected chi connectivity index (χ3v) is 2.48. The molecule has 0 aliphatic heterocycles. The zero-order valence-electron chi connectivity index (χ0n) is 16.9. The minimum atomic E-state index is -0.685. The second-order valence-electron chi connectivity index (χ2n) is 8.01. The number of nitrogens with one attached hydrogen (secondary N) is 1. The van der Waals surface area contributed by atoms with E-state index in [-0.39, 0.29) is 24.8 Å². The molecule has 8 nitrogen and oxygen atoms in total. The predicted molar refractivity (Wildman–Crippen MR) is 95.0 cm³/mol. The lowest BCUT2D eigenvalue weighted by Gasteiger charge is -2.27. The van der Waals surface area contributed by atoms with E-state index in [1.807, 2.05) is 0 Å². The maximum atomic E-state index is 11.5. The molecule has 0 aromatic rings. The molecule has 0 aromatic heterocycles. The van der Waals surface area contributed by atoms with Crippen molar-refractivity contribution in [3.63, 3.8) is 0 Å². The van der Waals surface area contributed by atoms with Gasteiger partial charge in [0.15, 0.2) is 0 Å². The van der Waals surface area contributed by atoms with Crippen LogP contribution >= 0.6 is 0 Å². The van der Waals surface area contributed by atoms with Crippen molar-refractivity contribution in [3.05, 3.63) is 0 Å². The Morgan fingerprint density at radius 1 is 0.840 bits per heavy atom. The average molecular weight is 362 g/mol. The zero-order chi connectivity index (χ0) is 20.5. The van der Waals surface area contributed by atoms with E-state index < -0.39 is 22.8 Å². The molecule has 1 amide bonds. The Kier molecular flexibility index (Phi) is 10.4. The summed E-state index contributed by atoms with van der Waals surface area (Å²) in [5.74, 6) is -0.636. The van der Waals surface area contributed by atoms with Gasteiger partial charge in [0.25, 0.3) is 0 Å². The van der Waals surface area contributed by atoms with Crippen LogP contribution < -0.4 is 11.1 Å². The molecule has 0 fully saturated rings. The highest BCUT2D eigenvalue weighted by Gasteiger charge is 2.27. The van der Waals surface area contributed by atoms with Crippen molar-refractivity contribution in [3.8, 4) is 0 Å². The van der Waals surface area contributed by atoms with Gasteiger partial charge < -0.3 is 25.3 Å². The molecule has 0 radical (unpaired) electrons. The van der Waals surface area contributed by atoms with Gasteiger partial charge in [-0.05, 0) is 48.5 Å². The van der Waals surface area contributed by atoms with E-state index in [1.54, 1.807) is 48.5 Å². The van der Waals surface area contributed by atoms with Gasteiger partial charge in [-0.15, -0.1) is 0 Å². The van der Waals surface area contributed by atoms with E-state index in [2.05, 4.69) is 14.8 Å². The Balaban J connectivity index is 0. The normalized spacial score (nSPS) is 11.6. The maximum absolute atomic E-state index is 11.5. The lowest BCUT2D eigenvalue weighted by Crippen LogP contribution is -2.47. The molecule has 0 spiro atoms.